The summed E-state index contributed by atoms with van der Waals surface area (Å²) in [4.78, 5) is 12.2. The number of esters is 1. The lowest BCUT2D eigenvalue weighted by atomic mass is 10.2. The number of halogens is 1. The van der Waals surface area contributed by atoms with Gasteiger partial charge < -0.3 is 9.30 Å². The zero-order chi connectivity index (χ0) is 14.7. The first-order valence-corrected chi connectivity index (χ1v) is 7.33. The van der Waals surface area contributed by atoms with E-state index in [0.29, 0.717) is 24.0 Å². The van der Waals surface area contributed by atoms with Crippen molar-refractivity contribution in [3.63, 3.8) is 0 Å². The number of fused-ring (bicyclic) bond motifs is 1. The highest BCUT2D eigenvalue weighted by Gasteiger charge is 2.21. The third-order valence-electron chi connectivity index (χ3n) is 3.24. The van der Waals surface area contributed by atoms with Gasteiger partial charge in [-0.15, -0.1) is 0 Å². The van der Waals surface area contributed by atoms with Crippen molar-refractivity contribution in [3.05, 3.63) is 35.5 Å². The van der Waals surface area contributed by atoms with Crippen molar-refractivity contribution in [1.82, 2.24) is 4.57 Å². The van der Waals surface area contributed by atoms with Gasteiger partial charge >= 0.3 is 5.97 Å². The zero-order valence-corrected chi connectivity index (χ0v) is 12.9. The Balaban J connectivity index is 2.27. The number of carbonyl (C=O) groups excluding carboxylic acids is 1. The number of benzene rings is 1. The van der Waals surface area contributed by atoms with E-state index in [1.165, 1.54) is 0 Å². The zero-order valence-electron chi connectivity index (χ0n) is 12.1. The summed E-state index contributed by atoms with van der Waals surface area (Å²) in [7, 11) is 0. The molecule has 0 spiro atoms. The maximum absolute atomic E-state index is 12.2. The van der Waals surface area contributed by atoms with Gasteiger partial charge in [0.15, 0.2) is 0 Å². The van der Waals surface area contributed by atoms with Crippen molar-refractivity contribution in [2.75, 3.05) is 6.61 Å². The Morgan fingerprint density at radius 2 is 2.10 bits per heavy atom. The van der Waals surface area contributed by atoms with Gasteiger partial charge in [0.25, 0.3) is 0 Å². The van der Waals surface area contributed by atoms with Crippen molar-refractivity contribution < 1.29 is 9.53 Å². The Morgan fingerprint density at radius 1 is 1.35 bits per heavy atom. The smallest absolute Gasteiger partial charge is 0.329 e. The molecule has 0 N–H and O–H groups in total. The monoisotopic (exact) mass is 293 g/mol. The van der Waals surface area contributed by atoms with E-state index < -0.39 is 0 Å². The fourth-order valence-electron chi connectivity index (χ4n) is 2.23. The van der Waals surface area contributed by atoms with Gasteiger partial charge in [0.05, 0.1) is 6.61 Å². The lowest BCUT2D eigenvalue weighted by Crippen LogP contribution is -2.22. The highest BCUT2D eigenvalue weighted by molar-refractivity contribution is 6.31. The van der Waals surface area contributed by atoms with Crippen molar-refractivity contribution in [2.45, 2.75) is 33.2 Å². The fourth-order valence-corrected chi connectivity index (χ4v) is 2.41. The molecule has 0 saturated heterocycles. The molecule has 4 heteroatoms. The molecule has 1 unspecified atom stereocenters. The van der Waals surface area contributed by atoms with Gasteiger partial charge in [-0.1, -0.05) is 32.4 Å². The van der Waals surface area contributed by atoms with Gasteiger partial charge in [-0.25, -0.2) is 4.79 Å². The van der Waals surface area contributed by atoms with Gasteiger partial charge in [-0.3, -0.25) is 0 Å². The maximum atomic E-state index is 12.2. The van der Waals surface area contributed by atoms with Crippen LogP contribution < -0.4 is 0 Å². The average Bonchev–Trinajstić information content (AvgIpc) is 2.80. The first kappa shape index (κ1) is 14.9. The van der Waals surface area contributed by atoms with Crippen LogP contribution in [-0.4, -0.2) is 17.1 Å². The molecule has 1 aromatic carbocycles. The Kier molecular flexibility index (Phi) is 4.71. The lowest BCUT2D eigenvalue weighted by molar-refractivity contribution is -0.148. The molecule has 1 aromatic heterocycles. The lowest BCUT2D eigenvalue weighted by Gasteiger charge is -2.18. The third-order valence-corrected chi connectivity index (χ3v) is 3.47. The predicted octanol–water partition coefficient (Wildman–Crippen LogP) is 4.45. The van der Waals surface area contributed by atoms with Crippen LogP contribution in [0.5, 0.6) is 0 Å². The molecule has 0 aliphatic carbocycles. The van der Waals surface area contributed by atoms with Crippen LogP contribution in [0, 0.1) is 5.92 Å². The number of carbonyl (C=O) groups is 1. The SMILES string of the molecule is CCC(C(=O)OCC(C)C)n1ccc2cc(Cl)ccc21. The minimum atomic E-state index is -0.285. The maximum Gasteiger partial charge on any atom is 0.329 e. The molecule has 1 atom stereocenters. The normalized spacial score (nSPS) is 12.8. The molecule has 108 valence electrons. The summed E-state index contributed by atoms with van der Waals surface area (Å²) in [6.07, 6.45) is 2.62. The number of hydrogen-bond donors (Lipinski definition) is 0. The van der Waals surface area contributed by atoms with E-state index in [9.17, 15) is 4.79 Å². The number of hydrogen-bond acceptors (Lipinski definition) is 2. The van der Waals surface area contributed by atoms with E-state index in [1.807, 2.05) is 55.8 Å². The molecule has 0 aliphatic heterocycles. The third kappa shape index (κ3) is 3.15. The molecule has 0 fully saturated rings. The molecule has 0 aliphatic rings. The summed E-state index contributed by atoms with van der Waals surface area (Å²) in [5, 5.41) is 1.73. The van der Waals surface area contributed by atoms with Gasteiger partial charge in [0.1, 0.15) is 6.04 Å². The minimum Gasteiger partial charge on any atom is -0.464 e. The Labute approximate surface area is 124 Å². The number of nitrogens with zero attached hydrogens (tertiary/aromatic N) is 1. The van der Waals surface area contributed by atoms with E-state index in [-0.39, 0.29) is 12.0 Å². The summed E-state index contributed by atoms with van der Waals surface area (Å²) in [5.41, 5.74) is 1.00. The summed E-state index contributed by atoms with van der Waals surface area (Å²) in [6.45, 7) is 6.51. The molecule has 3 nitrogen and oxygen atoms in total. The van der Waals surface area contributed by atoms with Crippen LogP contribution >= 0.6 is 11.6 Å². The van der Waals surface area contributed by atoms with Gasteiger partial charge in [-0.2, -0.15) is 0 Å². The van der Waals surface area contributed by atoms with Crippen LogP contribution in [0.3, 0.4) is 0 Å². The van der Waals surface area contributed by atoms with Crippen molar-refractivity contribution in [3.8, 4) is 0 Å². The van der Waals surface area contributed by atoms with Crippen molar-refractivity contribution in [2.24, 2.45) is 5.92 Å². The Hall–Kier alpha value is -1.48. The van der Waals surface area contributed by atoms with E-state index in [0.717, 1.165) is 10.9 Å². The molecular formula is C16H20ClNO2. The average molecular weight is 294 g/mol. The summed E-state index contributed by atoms with van der Waals surface area (Å²) in [5.74, 6) is 0.172. The summed E-state index contributed by atoms with van der Waals surface area (Å²) in [6, 6.07) is 7.37. The van der Waals surface area contributed by atoms with Crippen LogP contribution in [-0.2, 0) is 9.53 Å². The molecule has 0 radical (unpaired) electrons. The van der Waals surface area contributed by atoms with Gasteiger partial charge in [-0.05, 0) is 36.6 Å². The largest absolute Gasteiger partial charge is 0.464 e. The first-order valence-electron chi connectivity index (χ1n) is 6.95. The highest BCUT2D eigenvalue weighted by Crippen LogP contribution is 2.25. The van der Waals surface area contributed by atoms with Gasteiger partial charge in [0, 0.05) is 22.1 Å². The van der Waals surface area contributed by atoms with E-state index in [2.05, 4.69) is 0 Å². The quantitative estimate of drug-likeness (QED) is 0.763. The van der Waals surface area contributed by atoms with E-state index in [1.54, 1.807) is 0 Å². The fraction of sp³-hybridized carbons (Fsp3) is 0.438. The van der Waals surface area contributed by atoms with E-state index >= 15 is 0 Å². The van der Waals surface area contributed by atoms with Crippen molar-refractivity contribution in [1.29, 1.82) is 0 Å². The second-order valence-electron chi connectivity index (χ2n) is 5.37. The summed E-state index contributed by atoms with van der Waals surface area (Å²) >= 11 is 5.99. The second-order valence-corrected chi connectivity index (χ2v) is 5.81. The second kappa shape index (κ2) is 6.31. The molecule has 2 rings (SSSR count). The van der Waals surface area contributed by atoms with Crippen LogP contribution in [0.4, 0.5) is 0 Å². The molecule has 20 heavy (non-hydrogen) atoms. The van der Waals surface area contributed by atoms with E-state index in [4.69, 9.17) is 16.3 Å². The highest BCUT2D eigenvalue weighted by atomic mass is 35.5. The number of aromatic nitrogens is 1. The van der Waals surface area contributed by atoms with Gasteiger partial charge in [0.2, 0.25) is 0 Å². The number of rotatable bonds is 5. The van der Waals surface area contributed by atoms with Crippen LogP contribution in [0.25, 0.3) is 10.9 Å². The van der Waals surface area contributed by atoms with Crippen LogP contribution in [0.1, 0.15) is 33.2 Å². The Bertz CT molecular complexity index is 604. The molecule has 0 bridgehead atoms. The first-order chi connectivity index (χ1) is 9.52. The predicted molar refractivity (Wildman–Crippen MR) is 82.1 cm³/mol. The van der Waals surface area contributed by atoms with Crippen LogP contribution in [0.15, 0.2) is 30.5 Å². The number of ether oxygens (including phenoxy) is 1. The minimum absolute atomic E-state index is 0.173. The molecule has 2 aromatic rings. The molecule has 0 amide bonds. The van der Waals surface area contributed by atoms with Crippen molar-refractivity contribution >= 4 is 28.5 Å². The molecular weight excluding hydrogens is 274 g/mol. The topological polar surface area (TPSA) is 31.2 Å². The summed E-state index contributed by atoms with van der Waals surface area (Å²) < 4.78 is 7.33. The Morgan fingerprint density at radius 3 is 2.75 bits per heavy atom. The van der Waals surface area contributed by atoms with Crippen LogP contribution in [0.2, 0.25) is 5.02 Å². The molecule has 0 saturated carbocycles. The standard InChI is InChI=1S/C16H20ClNO2/c1-4-14(16(19)20-10-11(2)3)18-8-7-12-9-13(17)5-6-15(12)18/h5-9,11,14H,4,10H2,1-3H3. The molecule has 1 heterocycles.